The molecule has 2 rings (SSSR count). The molecule has 96 valence electrons. The monoisotopic (exact) mass is 351 g/mol. The lowest BCUT2D eigenvalue weighted by Crippen LogP contribution is -2.17. The second-order valence-electron chi connectivity index (χ2n) is 4.02. The molecule has 0 aromatic heterocycles. The fourth-order valence-corrected chi connectivity index (χ4v) is 2.94. The van der Waals surface area contributed by atoms with E-state index in [0.29, 0.717) is 26.6 Å². The molecule has 7 heteroatoms. The molecule has 1 aliphatic rings. The van der Waals surface area contributed by atoms with Crippen molar-refractivity contribution >= 4 is 56.7 Å². The Morgan fingerprint density at radius 3 is 2.28 bits per heavy atom. The molecule has 2 atom stereocenters. The average Bonchev–Trinajstić information content (AvgIpc) is 3.02. The van der Waals surface area contributed by atoms with Gasteiger partial charge in [-0.25, -0.2) is 0 Å². The van der Waals surface area contributed by atoms with Crippen molar-refractivity contribution in [2.24, 2.45) is 11.8 Å². The Balaban J connectivity index is 2.11. The highest BCUT2D eigenvalue weighted by molar-refractivity contribution is 9.10. The Kier molecular flexibility index (Phi) is 3.84. The molecular formula is C11H8BrCl2NO3. The Morgan fingerprint density at radius 2 is 1.83 bits per heavy atom. The van der Waals surface area contributed by atoms with Gasteiger partial charge < -0.3 is 10.4 Å². The summed E-state index contributed by atoms with van der Waals surface area (Å²) in [6, 6.07) is 3.20. The molecule has 1 amide bonds. The van der Waals surface area contributed by atoms with Gasteiger partial charge in [-0.15, -0.1) is 0 Å². The van der Waals surface area contributed by atoms with Crippen LogP contribution in [0.2, 0.25) is 10.0 Å². The van der Waals surface area contributed by atoms with Crippen molar-refractivity contribution in [1.29, 1.82) is 0 Å². The predicted molar refractivity (Wildman–Crippen MR) is 72.0 cm³/mol. The number of hydrogen-bond donors (Lipinski definition) is 2. The van der Waals surface area contributed by atoms with E-state index in [1.165, 1.54) is 0 Å². The summed E-state index contributed by atoms with van der Waals surface area (Å²) in [5, 5.41) is 11.9. The molecule has 2 unspecified atom stereocenters. The van der Waals surface area contributed by atoms with E-state index < -0.39 is 17.8 Å². The largest absolute Gasteiger partial charge is 0.481 e. The first-order valence-corrected chi connectivity index (χ1v) is 6.63. The summed E-state index contributed by atoms with van der Waals surface area (Å²) in [5.74, 6) is -2.42. The minimum Gasteiger partial charge on any atom is -0.481 e. The predicted octanol–water partition coefficient (Wildman–Crippen LogP) is 3.42. The van der Waals surface area contributed by atoms with Crippen molar-refractivity contribution in [2.45, 2.75) is 6.42 Å². The van der Waals surface area contributed by atoms with Crippen LogP contribution in [0.3, 0.4) is 0 Å². The zero-order chi connectivity index (χ0) is 13.4. The smallest absolute Gasteiger partial charge is 0.307 e. The first-order valence-electron chi connectivity index (χ1n) is 5.08. The van der Waals surface area contributed by atoms with E-state index in [-0.39, 0.29) is 5.91 Å². The van der Waals surface area contributed by atoms with Gasteiger partial charge in [-0.3, -0.25) is 9.59 Å². The standard InChI is InChI=1S/C11H8BrCl2NO3/c12-4-1-7(13)9(8(14)2-4)15-10(16)5-3-6(5)11(17)18/h1-2,5-6H,3H2,(H,15,16)(H,17,18). The first kappa shape index (κ1) is 13.6. The minimum absolute atomic E-state index is 0.301. The molecule has 0 saturated heterocycles. The highest BCUT2D eigenvalue weighted by atomic mass is 79.9. The molecule has 0 aliphatic heterocycles. The molecule has 18 heavy (non-hydrogen) atoms. The highest BCUT2D eigenvalue weighted by Crippen LogP contribution is 2.41. The van der Waals surface area contributed by atoms with Crippen LogP contribution in [0.1, 0.15) is 6.42 Å². The third kappa shape index (κ3) is 2.79. The van der Waals surface area contributed by atoms with E-state index in [1.807, 2.05) is 0 Å². The zero-order valence-electron chi connectivity index (χ0n) is 8.91. The Bertz CT molecular complexity index is 512. The lowest BCUT2D eigenvalue weighted by molar-refractivity contribution is -0.139. The quantitative estimate of drug-likeness (QED) is 0.875. The van der Waals surface area contributed by atoms with Crippen LogP contribution < -0.4 is 5.32 Å². The molecule has 1 fully saturated rings. The van der Waals surface area contributed by atoms with Gasteiger partial charge in [-0.2, -0.15) is 0 Å². The van der Waals surface area contributed by atoms with Gasteiger partial charge in [0.15, 0.2) is 0 Å². The maximum Gasteiger partial charge on any atom is 0.307 e. The van der Waals surface area contributed by atoms with Crippen LogP contribution in [0.25, 0.3) is 0 Å². The van der Waals surface area contributed by atoms with E-state index >= 15 is 0 Å². The molecule has 0 radical (unpaired) electrons. The number of aliphatic carboxylic acids is 1. The summed E-state index contributed by atoms with van der Waals surface area (Å²) in [4.78, 5) is 22.4. The van der Waals surface area contributed by atoms with E-state index in [0.717, 1.165) is 0 Å². The van der Waals surface area contributed by atoms with Gasteiger partial charge in [0, 0.05) is 4.47 Å². The molecule has 1 aromatic rings. The van der Waals surface area contributed by atoms with E-state index in [1.54, 1.807) is 12.1 Å². The van der Waals surface area contributed by atoms with Crippen LogP contribution in [-0.2, 0) is 9.59 Å². The van der Waals surface area contributed by atoms with Crippen LogP contribution in [0, 0.1) is 11.8 Å². The summed E-state index contributed by atoms with van der Waals surface area (Å²) < 4.78 is 0.699. The number of amides is 1. The Morgan fingerprint density at radius 1 is 1.28 bits per heavy atom. The summed E-state index contributed by atoms with van der Waals surface area (Å²) in [7, 11) is 0. The zero-order valence-corrected chi connectivity index (χ0v) is 12.0. The number of nitrogens with one attached hydrogen (secondary N) is 1. The normalized spacial score (nSPS) is 21.5. The van der Waals surface area contributed by atoms with Gasteiger partial charge >= 0.3 is 5.97 Å². The van der Waals surface area contributed by atoms with Crippen molar-refractivity contribution in [3.63, 3.8) is 0 Å². The average molecular weight is 353 g/mol. The number of halogens is 3. The lowest BCUT2D eigenvalue weighted by atomic mass is 10.2. The number of benzene rings is 1. The lowest BCUT2D eigenvalue weighted by Gasteiger charge is -2.09. The van der Waals surface area contributed by atoms with Gasteiger partial charge in [-0.1, -0.05) is 39.1 Å². The molecule has 0 heterocycles. The molecule has 1 aromatic carbocycles. The van der Waals surface area contributed by atoms with E-state index in [4.69, 9.17) is 28.3 Å². The molecule has 1 saturated carbocycles. The third-order valence-electron chi connectivity index (χ3n) is 2.70. The summed E-state index contributed by atoms with van der Waals surface area (Å²) >= 11 is 15.1. The number of carboxylic acids is 1. The third-order valence-corrected chi connectivity index (χ3v) is 3.75. The number of hydrogen-bond acceptors (Lipinski definition) is 2. The van der Waals surface area contributed by atoms with Crippen LogP contribution in [0.4, 0.5) is 5.69 Å². The van der Waals surface area contributed by atoms with Gasteiger partial charge in [0.1, 0.15) is 0 Å². The number of carbonyl (C=O) groups is 2. The summed E-state index contributed by atoms with van der Waals surface area (Å²) in [6.07, 6.45) is 0.354. The second-order valence-corrected chi connectivity index (χ2v) is 5.75. The highest BCUT2D eigenvalue weighted by Gasteiger charge is 2.48. The fraction of sp³-hybridized carbons (Fsp3) is 0.273. The van der Waals surface area contributed by atoms with Crippen molar-refractivity contribution in [1.82, 2.24) is 0 Å². The SMILES string of the molecule is O=C(O)C1CC1C(=O)Nc1c(Cl)cc(Br)cc1Cl. The van der Waals surface area contributed by atoms with Crippen molar-refractivity contribution in [3.8, 4) is 0 Å². The Hall–Kier alpha value is -0.780. The van der Waals surface area contributed by atoms with Gasteiger partial charge in [0.2, 0.25) is 5.91 Å². The van der Waals surface area contributed by atoms with Crippen LogP contribution in [0.15, 0.2) is 16.6 Å². The van der Waals surface area contributed by atoms with Gasteiger partial charge in [-0.05, 0) is 18.6 Å². The van der Waals surface area contributed by atoms with E-state index in [2.05, 4.69) is 21.2 Å². The van der Waals surface area contributed by atoms with Gasteiger partial charge in [0.05, 0.1) is 27.6 Å². The maximum atomic E-state index is 11.8. The maximum absolute atomic E-state index is 11.8. The van der Waals surface area contributed by atoms with Crippen LogP contribution in [0.5, 0.6) is 0 Å². The minimum atomic E-state index is -0.955. The topological polar surface area (TPSA) is 66.4 Å². The second kappa shape index (κ2) is 5.07. The number of carbonyl (C=O) groups excluding carboxylic acids is 1. The fourth-order valence-electron chi connectivity index (χ4n) is 1.64. The van der Waals surface area contributed by atoms with Crippen molar-refractivity contribution < 1.29 is 14.7 Å². The summed E-state index contributed by atoms with van der Waals surface area (Å²) in [5.41, 5.74) is 0.308. The van der Waals surface area contributed by atoms with Crippen LogP contribution in [-0.4, -0.2) is 17.0 Å². The number of rotatable bonds is 3. The molecule has 0 spiro atoms. The number of carboxylic acid groups (broad SMARTS) is 1. The Labute approximate surface area is 121 Å². The molecule has 1 aliphatic carbocycles. The van der Waals surface area contributed by atoms with E-state index in [9.17, 15) is 9.59 Å². The van der Waals surface area contributed by atoms with Crippen LogP contribution >= 0.6 is 39.1 Å². The van der Waals surface area contributed by atoms with Gasteiger partial charge in [0.25, 0.3) is 0 Å². The molecule has 2 N–H and O–H groups in total. The number of anilines is 1. The van der Waals surface area contributed by atoms with Crippen molar-refractivity contribution in [2.75, 3.05) is 5.32 Å². The molecule has 4 nitrogen and oxygen atoms in total. The first-order chi connectivity index (χ1) is 8.40. The van der Waals surface area contributed by atoms with Crippen molar-refractivity contribution in [3.05, 3.63) is 26.7 Å². The summed E-state index contributed by atoms with van der Waals surface area (Å²) in [6.45, 7) is 0. The molecular weight excluding hydrogens is 345 g/mol. The molecule has 0 bridgehead atoms.